The number of rotatable bonds is 9. The van der Waals surface area contributed by atoms with E-state index in [1.54, 1.807) is 12.1 Å². The highest BCUT2D eigenvalue weighted by Gasteiger charge is 2.20. The lowest BCUT2D eigenvalue weighted by molar-refractivity contribution is -0.116. The SMILES string of the molecule is CNC(=O)/C(=C/c1cccc(N2CCC(CNCc3ccc4cc(F)ccc4n3)CC2)n1)SC=O. The van der Waals surface area contributed by atoms with Crippen LogP contribution in [0.25, 0.3) is 17.0 Å². The number of benzene rings is 1. The number of halogens is 1. The average Bonchev–Trinajstić information content (AvgIpc) is 2.88. The zero-order chi connectivity index (χ0) is 24.6. The molecule has 9 heteroatoms. The fraction of sp³-hybridized carbons (Fsp3) is 0.308. The van der Waals surface area contributed by atoms with Crippen LogP contribution in [0.2, 0.25) is 0 Å². The molecule has 0 atom stereocenters. The van der Waals surface area contributed by atoms with E-state index in [-0.39, 0.29) is 11.7 Å². The van der Waals surface area contributed by atoms with Crippen LogP contribution in [0.5, 0.6) is 0 Å². The number of carbonyl (C=O) groups excluding carboxylic acids is 2. The highest BCUT2D eigenvalue weighted by Crippen LogP contribution is 2.23. The van der Waals surface area contributed by atoms with Gasteiger partial charge in [-0.25, -0.2) is 9.37 Å². The number of nitrogens with zero attached hydrogens (tertiary/aromatic N) is 3. The van der Waals surface area contributed by atoms with Gasteiger partial charge in [-0.3, -0.25) is 14.6 Å². The summed E-state index contributed by atoms with van der Waals surface area (Å²) in [5.41, 5.74) is 3.03. The highest BCUT2D eigenvalue weighted by atomic mass is 32.2. The van der Waals surface area contributed by atoms with Crippen LogP contribution in [0.4, 0.5) is 10.2 Å². The molecule has 1 aliphatic heterocycles. The molecule has 1 amide bonds. The summed E-state index contributed by atoms with van der Waals surface area (Å²) in [4.78, 5) is 34.7. The Hall–Kier alpha value is -3.30. The summed E-state index contributed by atoms with van der Waals surface area (Å²) in [5, 5.41) is 6.86. The average molecular weight is 494 g/mol. The first-order chi connectivity index (χ1) is 17.1. The third-order valence-electron chi connectivity index (χ3n) is 6.05. The van der Waals surface area contributed by atoms with Crippen molar-refractivity contribution >= 4 is 46.1 Å². The number of fused-ring (bicyclic) bond motifs is 1. The van der Waals surface area contributed by atoms with E-state index in [0.29, 0.717) is 28.7 Å². The molecule has 3 heterocycles. The van der Waals surface area contributed by atoms with Gasteiger partial charge in [0.05, 0.1) is 21.8 Å². The van der Waals surface area contributed by atoms with Crippen LogP contribution < -0.4 is 15.5 Å². The largest absolute Gasteiger partial charge is 0.357 e. The van der Waals surface area contributed by atoms with E-state index in [4.69, 9.17) is 0 Å². The molecule has 2 aromatic heterocycles. The summed E-state index contributed by atoms with van der Waals surface area (Å²) in [6.07, 6.45) is 3.72. The van der Waals surface area contributed by atoms with Crippen LogP contribution in [0.1, 0.15) is 24.2 Å². The molecule has 2 N–H and O–H groups in total. The van der Waals surface area contributed by atoms with Crippen LogP contribution in [0.15, 0.2) is 53.4 Å². The maximum absolute atomic E-state index is 13.3. The maximum Gasteiger partial charge on any atom is 0.257 e. The van der Waals surface area contributed by atoms with Crippen molar-refractivity contribution in [3.63, 3.8) is 0 Å². The zero-order valence-corrected chi connectivity index (χ0v) is 20.4. The van der Waals surface area contributed by atoms with Crippen LogP contribution in [-0.4, -0.2) is 48.2 Å². The number of thioether (sulfide) groups is 1. The number of anilines is 1. The molecule has 0 bridgehead atoms. The van der Waals surface area contributed by atoms with E-state index in [1.807, 2.05) is 30.3 Å². The number of carbonyl (C=O) groups is 2. The Bertz CT molecular complexity index is 1230. The van der Waals surface area contributed by atoms with Gasteiger partial charge in [-0.2, -0.15) is 0 Å². The van der Waals surface area contributed by atoms with Crippen LogP contribution >= 0.6 is 11.8 Å². The molecule has 0 aliphatic carbocycles. The van der Waals surface area contributed by atoms with Crippen molar-refractivity contribution in [2.24, 2.45) is 5.92 Å². The number of likely N-dealkylation sites (N-methyl/N-ethyl adjacent to an activating group) is 1. The summed E-state index contributed by atoms with van der Waals surface area (Å²) in [6, 6.07) is 14.2. The molecule has 3 aromatic rings. The first-order valence-electron chi connectivity index (χ1n) is 11.6. The topological polar surface area (TPSA) is 87.2 Å². The second kappa shape index (κ2) is 11.9. The van der Waals surface area contributed by atoms with E-state index in [9.17, 15) is 14.0 Å². The Morgan fingerprint density at radius 3 is 2.77 bits per heavy atom. The summed E-state index contributed by atoms with van der Waals surface area (Å²) in [7, 11) is 1.53. The van der Waals surface area contributed by atoms with Crippen molar-refractivity contribution in [3.8, 4) is 0 Å². The molecule has 1 saturated heterocycles. The van der Waals surface area contributed by atoms with E-state index >= 15 is 0 Å². The second-order valence-electron chi connectivity index (χ2n) is 8.42. The molecule has 1 aliphatic rings. The first-order valence-corrected chi connectivity index (χ1v) is 12.5. The van der Waals surface area contributed by atoms with Crippen molar-refractivity contribution in [1.82, 2.24) is 20.6 Å². The predicted molar refractivity (Wildman–Crippen MR) is 139 cm³/mol. The molecule has 0 unspecified atom stereocenters. The van der Waals surface area contributed by atoms with Gasteiger partial charge < -0.3 is 15.5 Å². The number of piperidine rings is 1. The molecule has 7 nitrogen and oxygen atoms in total. The summed E-state index contributed by atoms with van der Waals surface area (Å²) < 4.78 is 13.3. The van der Waals surface area contributed by atoms with Gasteiger partial charge in [-0.1, -0.05) is 12.1 Å². The molecule has 0 saturated carbocycles. The van der Waals surface area contributed by atoms with Crippen molar-refractivity contribution in [1.29, 1.82) is 0 Å². The molecular weight excluding hydrogens is 465 g/mol. The Kier molecular flexibility index (Phi) is 8.44. The Labute approximate surface area is 208 Å². The summed E-state index contributed by atoms with van der Waals surface area (Å²) in [6.45, 7) is 3.39. The third kappa shape index (κ3) is 6.64. The monoisotopic (exact) mass is 493 g/mol. The Morgan fingerprint density at radius 2 is 2.00 bits per heavy atom. The van der Waals surface area contributed by atoms with Crippen LogP contribution in [-0.2, 0) is 16.1 Å². The number of amides is 1. The summed E-state index contributed by atoms with van der Waals surface area (Å²) >= 11 is 0.841. The molecular formula is C26H28FN5O2S. The van der Waals surface area contributed by atoms with Crippen molar-refractivity contribution in [2.45, 2.75) is 19.4 Å². The summed E-state index contributed by atoms with van der Waals surface area (Å²) in [5.74, 6) is 0.873. The quantitative estimate of drug-likeness (QED) is 0.346. The minimum absolute atomic E-state index is 0.250. The van der Waals surface area contributed by atoms with Crippen molar-refractivity contribution < 1.29 is 14.0 Å². The molecule has 4 rings (SSSR count). The van der Waals surface area contributed by atoms with E-state index in [2.05, 4.69) is 25.5 Å². The number of hydrogen-bond acceptors (Lipinski definition) is 7. The number of hydrogen-bond donors (Lipinski definition) is 2. The zero-order valence-electron chi connectivity index (χ0n) is 19.5. The fourth-order valence-electron chi connectivity index (χ4n) is 4.17. The lowest BCUT2D eigenvalue weighted by Gasteiger charge is -2.33. The Balaban J connectivity index is 1.29. The second-order valence-corrected chi connectivity index (χ2v) is 9.29. The number of aromatic nitrogens is 2. The minimum atomic E-state index is -0.310. The van der Waals surface area contributed by atoms with Gasteiger partial charge >= 0.3 is 0 Å². The van der Waals surface area contributed by atoms with Crippen LogP contribution in [0.3, 0.4) is 0 Å². The van der Waals surface area contributed by atoms with Gasteiger partial charge in [-0.05, 0) is 79.5 Å². The van der Waals surface area contributed by atoms with Crippen LogP contribution in [0, 0.1) is 11.7 Å². The van der Waals surface area contributed by atoms with E-state index in [1.165, 1.54) is 19.2 Å². The standard InChI is InChI=1S/C26H28FN5O2S/c1-28-26(34)24(35-17-33)14-21-3-2-4-25(31-21)32-11-9-18(10-12-32)15-29-16-22-7-5-19-13-20(27)6-8-23(19)30-22/h2-8,13-14,17-18,29H,9-12,15-16H2,1H3,(H,28,34)/b24-14-. The molecule has 1 fully saturated rings. The fourth-order valence-corrected chi connectivity index (χ4v) is 4.67. The number of pyridine rings is 2. The lowest BCUT2D eigenvalue weighted by Crippen LogP contribution is -2.37. The molecule has 182 valence electrons. The van der Waals surface area contributed by atoms with Gasteiger partial charge in [0.25, 0.3) is 5.91 Å². The van der Waals surface area contributed by atoms with Crippen molar-refractivity contribution in [3.05, 3.63) is 70.6 Å². The predicted octanol–water partition coefficient (Wildman–Crippen LogP) is 3.79. The highest BCUT2D eigenvalue weighted by molar-refractivity contribution is 8.16. The van der Waals surface area contributed by atoms with Crippen molar-refractivity contribution in [2.75, 3.05) is 31.6 Å². The van der Waals surface area contributed by atoms with Gasteiger partial charge in [0.2, 0.25) is 0 Å². The molecule has 0 radical (unpaired) electrons. The molecule has 1 aromatic carbocycles. The molecule has 0 spiro atoms. The van der Waals surface area contributed by atoms with Gasteiger partial charge in [-0.15, -0.1) is 0 Å². The van der Waals surface area contributed by atoms with Gasteiger partial charge in [0.1, 0.15) is 11.6 Å². The Morgan fingerprint density at radius 1 is 1.17 bits per heavy atom. The third-order valence-corrected chi connectivity index (χ3v) is 6.70. The van der Waals surface area contributed by atoms with E-state index in [0.717, 1.165) is 66.7 Å². The van der Waals surface area contributed by atoms with Gasteiger partial charge in [0.15, 0.2) is 5.62 Å². The lowest BCUT2D eigenvalue weighted by atomic mass is 9.96. The maximum atomic E-state index is 13.3. The molecule has 35 heavy (non-hydrogen) atoms. The van der Waals surface area contributed by atoms with Gasteiger partial charge in [0, 0.05) is 32.1 Å². The minimum Gasteiger partial charge on any atom is -0.357 e. The number of nitrogens with one attached hydrogen (secondary N) is 2. The smallest absolute Gasteiger partial charge is 0.257 e. The normalized spacial score (nSPS) is 14.8. The van der Waals surface area contributed by atoms with E-state index < -0.39 is 0 Å². The first kappa shape index (κ1) is 24.8.